The van der Waals surface area contributed by atoms with Gasteiger partial charge in [0.25, 0.3) is 0 Å². The molecule has 2 aromatic carbocycles. The van der Waals surface area contributed by atoms with Gasteiger partial charge < -0.3 is 4.57 Å². The van der Waals surface area contributed by atoms with Gasteiger partial charge in [-0.25, -0.2) is 13.8 Å². The van der Waals surface area contributed by atoms with E-state index in [4.69, 9.17) is 0 Å². The van der Waals surface area contributed by atoms with E-state index in [1.54, 1.807) is 23.9 Å². The molecule has 1 aliphatic heterocycles. The highest BCUT2D eigenvalue weighted by atomic mass is 32.2. The monoisotopic (exact) mass is 314 g/mol. The number of nitrogens with zero attached hydrogens (tertiary/aromatic N) is 2. The van der Waals surface area contributed by atoms with Crippen LogP contribution in [0.4, 0.5) is 8.78 Å². The van der Waals surface area contributed by atoms with Crippen molar-refractivity contribution in [2.45, 2.75) is 11.7 Å². The minimum atomic E-state index is -0.302. The Morgan fingerprint density at radius 3 is 2.36 bits per heavy atom. The van der Waals surface area contributed by atoms with Gasteiger partial charge in [0.1, 0.15) is 11.6 Å². The van der Waals surface area contributed by atoms with Crippen molar-refractivity contribution in [2.24, 2.45) is 0 Å². The maximum Gasteiger partial charge on any atom is 0.169 e. The number of fused-ring (bicyclic) bond motifs is 1. The maximum atomic E-state index is 13.6. The number of halogens is 2. The van der Waals surface area contributed by atoms with Crippen molar-refractivity contribution in [3.63, 3.8) is 0 Å². The van der Waals surface area contributed by atoms with Gasteiger partial charge in [0.2, 0.25) is 0 Å². The molecular weight excluding hydrogens is 302 g/mol. The van der Waals surface area contributed by atoms with Gasteiger partial charge in [0, 0.05) is 23.4 Å². The molecule has 0 atom stereocenters. The SMILES string of the molecule is Fc1cccc(-c2nc3n(c2-c2cccc(F)c2)CCS3)c1. The van der Waals surface area contributed by atoms with E-state index < -0.39 is 0 Å². The summed E-state index contributed by atoms with van der Waals surface area (Å²) in [5.74, 6) is 0.362. The maximum absolute atomic E-state index is 13.6. The van der Waals surface area contributed by atoms with Crippen LogP contribution in [-0.4, -0.2) is 15.3 Å². The quantitative estimate of drug-likeness (QED) is 0.688. The third-order valence-electron chi connectivity index (χ3n) is 3.67. The van der Waals surface area contributed by atoms with Crippen LogP contribution < -0.4 is 0 Å². The van der Waals surface area contributed by atoms with E-state index in [-0.39, 0.29) is 11.6 Å². The number of hydrogen-bond acceptors (Lipinski definition) is 2. The van der Waals surface area contributed by atoms with Gasteiger partial charge in [0.05, 0.1) is 11.4 Å². The van der Waals surface area contributed by atoms with E-state index in [0.717, 1.165) is 28.7 Å². The Hall–Kier alpha value is -2.14. The van der Waals surface area contributed by atoms with E-state index in [9.17, 15) is 8.78 Å². The molecular formula is C17H12F2N2S. The summed E-state index contributed by atoms with van der Waals surface area (Å²) in [4.78, 5) is 4.64. The van der Waals surface area contributed by atoms with Gasteiger partial charge in [-0.05, 0) is 24.3 Å². The summed E-state index contributed by atoms with van der Waals surface area (Å²) in [6.45, 7) is 0.828. The van der Waals surface area contributed by atoms with Crippen LogP contribution in [0.25, 0.3) is 22.5 Å². The molecule has 2 nitrogen and oxygen atoms in total. The number of hydrogen-bond donors (Lipinski definition) is 0. The van der Waals surface area contributed by atoms with Crippen molar-refractivity contribution in [3.05, 3.63) is 60.2 Å². The van der Waals surface area contributed by atoms with Gasteiger partial charge >= 0.3 is 0 Å². The highest BCUT2D eigenvalue weighted by Gasteiger charge is 2.24. The normalized spacial score (nSPS) is 13.4. The zero-order chi connectivity index (χ0) is 15.1. The Balaban J connectivity index is 1.96. The van der Waals surface area contributed by atoms with Crippen molar-refractivity contribution in [2.75, 3.05) is 5.75 Å². The summed E-state index contributed by atoms with van der Waals surface area (Å²) < 4.78 is 29.3. The summed E-state index contributed by atoms with van der Waals surface area (Å²) in [5, 5.41) is 0.901. The summed E-state index contributed by atoms with van der Waals surface area (Å²) >= 11 is 1.66. The molecule has 1 aromatic heterocycles. The fourth-order valence-corrected chi connectivity index (χ4v) is 3.69. The first kappa shape index (κ1) is 13.5. The molecule has 0 fully saturated rings. The Kier molecular flexibility index (Phi) is 3.22. The van der Waals surface area contributed by atoms with Crippen LogP contribution in [0.2, 0.25) is 0 Å². The van der Waals surface area contributed by atoms with Crippen LogP contribution in [0, 0.1) is 11.6 Å². The Bertz CT molecular complexity index is 858. The number of benzene rings is 2. The lowest BCUT2D eigenvalue weighted by molar-refractivity contribution is 0.627. The molecule has 0 spiro atoms. The molecule has 110 valence electrons. The van der Waals surface area contributed by atoms with Gasteiger partial charge in [-0.1, -0.05) is 36.0 Å². The molecule has 5 heteroatoms. The lowest BCUT2D eigenvalue weighted by Crippen LogP contribution is -1.98. The molecule has 0 radical (unpaired) electrons. The standard InChI is InChI=1S/C17H12F2N2S/c18-13-5-1-3-11(9-13)15-16(12-4-2-6-14(19)10-12)21-7-8-22-17(21)20-15/h1-6,9-10H,7-8H2. The van der Waals surface area contributed by atoms with Crippen LogP contribution >= 0.6 is 11.8 Å². The van der Waals surface area contributed by atoms with Gasteiger partial charge in [0.15, 0.2) is 5.16 Å². The predicted molar refractivity (Wildman–Crippen MR) is 83.7 cm³/mol. The molecule has 1 aliphatic rings. The molecule has 2 heterocycles. The first-order valence-corrected chi connectivity index (χ1v) is 7.96. The zero-order valence-electron chi connectivity index (χ0n) is 11.6. The fourth-order valence-electron chi connectivity index (χ4n) is 2.74. The Morgan fingerprint density at radius 2 is 1.64 bits per heavy atom. The molecule has 0 amide bonds. The molecule has 0 bridgehead atoms. The van der Waals surface area contributed by atoms with E-state index in [2.05, 4.69) is 9.55 Å². The molecule has 22 heavy (non-hydrogen) atoms. The molecule has 0 N–H and O–H groups in total. The zero-order valence-corrected chi connectivity index (χ0v) is 12.4. The van der Waals surface area contributed by atoms with Crippen molar-refractivity contribution in [3.8, 4) is 22.5 Å². The fraction of sp³-hybridized carbons (Fsp3) is 0.118. The summed E-state index contributed by atoms with van der Waals surface area (Å²) in [7, 11) is 0. The van der Waals surface area contributed by atoms with Crippen LogP contribution in [-0.2, 0) is 6.54 Å². The molecule has 0 saturated carbocycles. The minimum absolute atomic E-state index is 0.288. The smallest absolute Gasteiger partial charge is 0.169 e. The van der Waals surface area contributed by atoms with E-state index >= 15 is 0 Å². The topological polar surface area (TPSA) is 17.8 Å². The first-order chi connectivity index (χ1) is 10.7. The highest BCUT2D eigenvalue weighted by molar-refractivity contribution is 7.99. The van der Waals surface area contributed by atoms with Crippen molar-refractivity contribution in [1.29, 1.82) is 0 Å². The van der Waals surface area contributed by atoms with Crippen molar-refractivity contribution in [1.82, 2.24) is 9.55 Å². The molecule has 0 aliphatic carbocycles. The van der Waals surface area contributed by atoms with E-state index in [1.807, 2.05) is 12.1 Å². The average Bonchev–Trinajstić information content (AvgIpc) is 3.07. The van der Waals surface area contributed by atoms with Gasteiger partial charge in [-0.3, -0.25) is 0 Å². The second-order valence-corrected chi connectivity index (χ2v) is 6.17. The largest absolute Gasteiger partial charge is 0.318 e. The minimum Gasteiger partial charge on any atom is -0.318 e. The Labute approximate surface area is 130 Å². The second kappa shape index (κ2) is 5.25. The number of rotatable bonds is 2. The third kappa shape index (κ3) is 2.22. The second-order valence-electron chi connectivity index (χ2n) is 5.11. The number of aromatic nitrogens is 2. The summed E-state index contributed by atoms with van der Waals surface area (Å²) in [6.07, 6.45) is 0. The van der Waals surface area contributed by atoms with Crippen LogP contribution in [0.1, 0.15) is 0 Å². The molecule has 3 aromatic rings. The number of imidazole rings is 1. The van der Waals surface area contributed by atoms with Crippen LogP contribution in [0.5, 0.6) is 0 Å². The Morgan fingerprint density at radius 1 is 0.955 bits per heavy atom. The summed E-state index contributed by atoms with van der Waals surface area (Å²) in [5.41, 5.74) is 3.03. The summed E-state index contributed by atoms with van der Waals surface area (Å²) in [6, 6.07) is 12.8. The van der Waals surface area contributed by atoms with E-state index in [1.165, 1.54) is 24.3 Å². The highest BCUT2D eigenvalue weighted by Crippen LogP contribution is 2.39. The van der Waals surface area contributed by atoms with Crippen molar-refractivity contribution >= 4 is 11.8 Å². The third-order valence-corrected chi connectivity index (χ3v) is 4.63. The van der Waals surface area contributed by atoms with Gasteiger partial charge in [-0.15, -0.1) is 0 Å². The van der Waals surface area contributed by atoms with Crippen LogP contribution in [0.15, 0.2) is 53.7 Å². The van der Waals surface area contributed by atoms with Gasteiger partial charge in [-0.2, -0.15) is 0 Å². The number of thioether (sulfide) groups is 1. The predicted octanol–water partition coefficient (Wildman–Crippen LogP) is 4.60. The van der Waals surface area contributed by atoms with Crippen molar-refractivity contribution < 1.29 is 8.78 Å². The lowest BCUT2D eigenvalue weighted by Gasteiger charge is -2.08. The first-order valence-electron chi connectivity index (χ1n) is 6.97. The average molecular weight is 314 g/mol. The molecule has 0 unspecified atom stereocenters. The molecule has 0 saturated heterocycles. The molecule has 4 rings (SSSR count). The van der Waals surface area contributed by atoms with E-state index in [0.29, 0.717) is 11.3 Å². The van der Waals surface area contributed by atoms with Crippen LogP contribution in [0.3, 0.4) is 0 Å². The lowest BCUT2D eigenvalue weighted by atomic mass is 10.0.